The Morgan fingerprint density at radius 3 is 2.79 bits per heavy atom. The van der Waals surface area contributed by atoms with Crippen LogP contribution in [0.1, 0.15) is 18.4 Å². The van der Waals surface area contributed by atoms with E-state index < -0.39 is 0 Å². The number of carbonyl (C=O) groups is 1. The number of rotatable bonds is 3. The molecule has 1 aromatic heterocycles. The Hall–Kier alpha value is -2.27. The van der Waals surface area contributed by atoms with Crippen LogP contribution in [0.5, 0.6) is 0 Å². The highest BCUT2D eigenvalue weighted by Gasteiger charge is 2.18. The smallest absolute Gasteiger partial charge is 0.226 e. The van der Waals surface area contributed by atoms with Crippen molar-refractivity contribution in [3.05, 3.63) is 53.8 Å². The van der Waals surface area contributed by atoms with Crippen LogP contribution in [0.3, 0.4) is 0 Å². The molecule has 24 heavy (non-hydrogen) atoms. The third-order valence-electron chi connectivity index (χ3n) is 4.34. The Bertz CT molecular complexity index is 899. The standard InChI is InChI=1S/C19H17FN2OS/c20-15-5-3-4-14(12-15)19-21-16-10-13(6-7-17(16)24-19)11-18(23)22-8-1-2-9-22/h3-7,10,12H,1-2,8-9,11H2. The van der Waals surface area contributed by atoms with E-state index >= 15 is 0 Å². The quantitative estimate of drug-likeness (QED) is 0.713. The highest BCUT2D eigenvalue weighted by molar-refractivity contribution is 7.21. The number of aromatic nitrogens is 1. The van der Waals surface area contributed by atoms with Crippen molar-refractivity contribution in [2.75, 3.05) is 13.1 Å². The van der Waals surface area contributed by atoms with Crippen LogP contribution < -0.4 is 0 Å². The molecule has 0 bridgehead atoms. The van der Waals surface area contributed by atoms with Gasteiger partial charge in [0.1, 0.15) is 10.8 Å². The van der Waals surface area contributed by atoms with Gasteiger partial charge in [-0.15, -0.1) is 11.3 Å². The Morgan fingerprint density at radius 1 is 1.17 bits per heavy atom. The average molecular weight is 340 g/mol. The number of hydrogen-bond donors (Lipinski definition) is 0. The number of benzene rings is 2. The first-order chi connectivity index (χ1) is 11.7. The van der Waals surface area contributed by atoms with Gasteiger partial charge in [-0.25, -0.2) is 9.37 Å². The van der Waals surface area contributed by atoms with Crippen LogP contribution in [0.4, 0.5) is 4.39 Å². The van der Waals surface area contributed by atoms with Gasteiger partial charge in [0.05, 0.1) is 16.6 Å². The summed E-state index contributed by atoms with van der Waals surface area (Å²) in [6, 6.07) is 12.4. The van der Waals surface area contributed by atoms with Gasteiger partial charge >= 0.3 is 0 Å². The van der Waals surface area contributed by atoms with Crippen molar-refractivity contribution < 1.29 is 9.18 Å². The van der Waals surface area contributed by atoms with Crippen molar-refractivity contribution in [3.63, 3.8) is 0 Å². The fourth-order valence-electron chi connectivity index (χ4n) is 3.08. The number of hydrogen-bond acceptors (Lipinski definition) is 3. The number of carbonyl (C=O) groups excluding carboxylic acids is 1. The molecule has 0 saturated carbocycles. The van der Waals surface area contributed by atoms with E-state index in [9.17, 15) is 9.18 Å². The van der Waals surface area contributed by atoms with Gasteiger partial charge in [-0.1, -0.05) is 18.2 Å². The van der Waals surface area contributed by atoms with E-state index in [4.69, 9.17) is 0 Å². The van der Waals surface area contributed by atoms with Crippen LogP contribution in [0.2, 0.25) is 0 Å². The molecular weight excluding hydrogens is 323 g/mol. The van der Waals surface area contributed by atoms with Crippen LogP contribution >= 0.6 is 11.3 Å². The van der Waals surface area contributed by atoms with E-state index in [1.807, 2.05) is 29.2 Å². The number of thiazole rings is 1. The molecule has 0 atom stereocenters. The molecule has 1 saturated heterocycles. The molecule has 0 radical (unpaired) electrons. The van der Waals surface area contributed by atoms with Crippen molar-refractivity contribution in [1.82, 2.24) is 9.88 Å². The number of nitrogens with zero attached hydrogens (tertiary/aromatic N) is 2. The van der Waals surface area contributed by atoms with E-state index in [1.54, 1.807) is 6.07 Å². The highest BCUT2D eigenvalue weighted by atomic mass is 32.1. The molecule has 4 rings (SSSR count). The van der Waals surface area contributed by atoms with Crippen LogP contribution in [-0.4, -0.2) is 28.9 Å². The minimum atomic E-state index is -0.261. The summed E-state index contributed by atoms with van der Waals surface area (Å²) >= 11 is 1.54. The summed E-state index contributed by atoms with van der Waals surface area (Å²) in [5.74, 6) is -0.0731. The largest absolute Gasteiger partial charge is 0.342 e. The van der Waals surface area contributed by atoms with Crippen molar-refractivity contribution in [3.8, 4) is 10.6 Å². The fourth-order valence-corrected chi connectivity index (χ4v) is 4.02. The molecule has 0 spiro atoms. The second-order valence-corrected chi connectivity index (χ2v) is 7.13. The maximum absolute atomic E-state index is 13.4. The monoisotopic (exact) mass is 340 g/mol. The molecule has 0 N–H and O–H groups in total. The summed E-state index contributed by atoms with van der Waals surface area (Å²) in [7, 11) is 0. The topological polar surface area (TPSA) is 33.2 Å². The van der Waals surface area contributed by atoms with E-state index in [2.05, 4.69) is 4.98 Å². The summed E-state index contributed by atoms with van der Waals surface area (Å²) in [6.07, 6.45) is 2.63. The molecule has 1 fully saturated rings. The first-order valence-corrected chi connectivity index (χ1v) is 8.94. The third-order valence-corrected chi connectivity index (χ3v) is 5.42. The molecule has 122 valence electrons. The molecule has 5 heteroatoms. The molecular formula is C19H17FN2OS. The Labute approximate surface area is 143 Å². The van der Waals surface area contributed by atoms with Gasteiger partial charge < -0.3 is 4.90 Å². The van der Waals surface area contributed by atoms with Crippen molar-refractivity contribution in [1.29, 1.82) is 0 Å². The highest BCUT2D eigenvalue weighted by Crippen LogP contribution is 2.31. The zero-order chi connectivity index (χ0) is 16.5. The van der Waals surface area contributed by atoms with Gasteiger partial charge in [0.2, 0.25) is 5.91 Å². The molecule has 0 aliphatic carbocycles. The zero-order valence-corrected chi connectivity index (χ0v) is 14.0. The first kappa shape index (κ1) is 15.3. The number of halogens is 1. The second kappa shape index (κ2) is 6.32. The number of fused-ring (bicyclic) bond motifs is 1. The molecule has 2 heterocycles. The van der Waals surface area contributed by atoms with Crippen molar-refractivity contribution in [2.45, 2.75) is 19.3 Å². The molecule has 0 unspecified atom stereocenters. The third kappa shape index (κ3) is 3.04. The second-order valence-electron chi connectivity index (χ2n) is 6.10. The van der Waals surface area contributed by atoms with Gasteiger partial charge in [0.25, 0.3) is 0 Å². The SMILES string of the molecule is O=C(Cc1ccc2sc(-c3cccc(F)c3)nc2c1)N1CCCC1. The summed E-state index contributed by atoms with van der Waals surface area (Å²) in [6.45, 7) is 1.75. The van der Waals surface area contributed by atoms with Crippen LogP contribution in [0.15, 0.2) is 42.5 Å². The van der Waals surface area contributed by atoms with Gasteiger partial charge in [0, 0.05) is 18.7 Å². The van der Waals surface area contributed by atoms with E-state index in [0.29, 0.717) is 6.42 Å². The summed E-state index contributed by atoms with van der Waals surface area (Å²) in [5, 5.41) is 0.799. The maximum Gasteiger partial charge on any atom is 0.226 e. The van der Waals surface area contributed by atoms with E-state index in [-0.39, 0.29) is 11.7 Å². The van der Waals surface area contributed by atoms with Gasteiger partial charge in [-0.05, 0) is 42.7 Å². The average Bonchev–Trinajstić information content (AvgIpc) is 3.24. The number of likely N-dealkylation sites (tertiary alicyclic amines) is 1. The minimum Gasteiger partial charge on any atom is -0.342 e. The lowest BCUT2D eigenvalue weighted by atomic mass is 10.1. The summed E-state index contributed by atoms with van der Waals surface area (Å²) in [4.78, 5) is 18.8. The van der Waals surface area contributed by atoms with Gasteiger partial charge in [0.15, 0.2) is 0 Å². The molecule has 3 aromatic rings. The summed E-state index contributed by atoms with van der Waals surface area (Å²) < 4.78 is 14.4. The lowest BCUT2D eigenvalue weighted by Crippen LogP contribution is -2.29. The van der Waals surface area contributed by atoms with Gasteiger partial charge in [-0.2, -0.15) is 0 Å². The normalized spacial score (nSPS) is 14.5. The van der Waals surface area contributed by atoms with E-state index in [1.165, 1.54) is 23.5 Å². The van der Waals surface area contributed by atoms with Crippen molar-refractivity contribution >= 4 is 27.5 Å². The summed E-state index contributed by atoms with van der Waals surface area (Å²) in [5.41, 5.74) is 2.63. The molecule has 1 aliphatic rings. The predicted molar refractivity (Wildman–Crippen MR) is 94.5 cm³/mol. The molecule has 1 aliphatic heterocycles. The lowest BCUT2D eigenvalue weighted by Gasteiger charge is -2.14. The van der Waals surface area contributed by atoms with Crippen LogP contribution in [-0.2, 0) is 11.2 Å². The fraction of sp³-hybridized carbons (Fsp3) is 0.263. The minimum absolute atomic E-state index is 0.187. The zero-order valence-electron chi connectivity index (χ0n) is 13.2. The lowest BCUT2D eigenvalue weighted by molar-refractivity contribution is -0.129. The Balaban J connectivity index is 1.60. The van der Waals surface area contributed by atoms with E-state index in [0.717, 1.165) is 52.3 Å². The molecule has 3 nitrogen and oxygen atoms in total. The Kier molecular flexibility index (Phi) is 4.02. The Morgan fingerprint density at radius 2 is 2.00 bits per heavy atom. The molecule has 2 aromatic carbocycles. The predicted octanol–water partition coefficient (Wildman–Crippen LogP) is 4.27. The van der Waals surface area contributed by atoms with Crippen LogP contribution in [0.25, 0.3) is 20.8 Å². The van der Waals surface area contributed by atoms with Gasteiger partial charge in [-0.3, -0.25) is 4.79 Å². The maximum atomic E-state index is 13.4. The van der Waals surface area contributed by atoms with Crippen LogP contribution in [0, 0.1) is 5.82 Å². The van der Waals surface area contributed by atoms with Crippen molar-refractivity contribution in [2.24, 2.45) is 0 Å². The number of amides is 1. The molecule has 1 amide bonds. The first-order valence-electron chi connectivity index (χ1n) is 8.12.